The van der Waals surface area contributed by atoms with Crippen LogP contribution in [0.15, 0.2) is 42.6 Å². The van der Waals surface area contributed by atoms with Gasteiger partial charge in [-0.1, -0.05) is 23.7 Å². The first kappa shape index (κ1) is 11.9. The van der Waals surface area contributed by atoms with E-state index in [1.54, 1.807) is 18.3 Å². The lowest BCUT2D eigenvalue weighted by atomic mass is 10.2. The Kier molecular flexibility index (Phi) is 3.96. The van der Waals surface area contributed by atoms with Gasteiger partial charge in [0.25, 0.3) is 0 Å². The lowest BCUT2D eigenvalue weighted by Crippen LogP contribution is -2.02. The van der Waals surface area contributed by atoms with E-state index in [1.807, 2.05) is 24.3 Å². The van der Waals surface area contributed by atoms with Crippen molar-refractivity contribution in [1.29, 1.82) is 0 Å². The van der Waals surface area contributed by atoms with Gasteiger partial charge in [-0.25, -0.2) is 0 Å². The standard InChI is InChI=1S/C13H13ClN2O/c14-12-5-4-10(9-17)7-13(12)16-8-11-3-1-2-6-15-11/h1-7,16-17H,8-9H2. The second-order valence-corrected chi connectivity index (χ2v) is 4.05. The maximum absolute atomic E-state index is 9.05. The molecule has 0 radical (unpaired) electrons. The summed E-state index contributed by atoms with van der Waals surface area (Å²) < 4.78 is 0. The quantitative estimate of drug-likeness (QED) is 0.875. The van der Waals surface area contributed by atoms with Gasteiger partial charge in [0, 0.05) is 6.20 Å². The molecule has 17 heavy (non-hydrogen) atoms. The summed E-state index contributed by atoms with van der Waals surface area (Å²) in [6.45, 7) is 0.616. The Hall–Kier alpha value is -1.58. The Bertz CT molecular complexity index is 488. The van der Waals surface area contributed by atoms with E-state index >= 15 is 0 Å². The van der Waals surface area contributed by atoms with Crippen LogP contribution in [0.25, 0.3) is 0 Å². The fourth-order valence-corrected chi connectivity index (χ4v) is 1.68. The third-order valence-electron chi connectivity index (χ3n) is 2.40. The van der Waals surface area contributed by atoms with Gasteiger partial charge in [-0.3, -0.25) is 4.98 Å². The molecule has 0 amide bonds. The van der Waals surface area contributed by atoms with Gasteiger partial charge in [0.15, 0.2) is 0 Å². The van der Waals surface area contributed by atoms with Crippen molar-refractivity contribution in [1.82, 2.24) is 4.98 Å². The van der Waals surface area contributed by atoms with Gasteiger partial charge in [-0.2, -0.15) is 0 Å². The molecule has 4 heteroatoms. The highest BCUT2D eigenvalue weighted by Gasteiger charge is 2.01. The Balaban J connectivity index is 2.08. The van der Waals surface area contributed by atoms with Gasteiger partial charge >= 0.3 is 0 Å². The third-order valence-corrected chi connectivity index (χ3v) is 2.73. The summed E-state index contributed by atoms with van der Waals surface area (Å²) >= 11 is 6.05. The molecule has 88 valence electrons. The van der Waals surface area contributed by atoms with Crippen LogP contribution in [0.4, 0.5) is 5.69 Å². The highest BCUT2D eigenvalue weighted by molar-refractivity contribution is 6.33. The van der Waals surface area contributed by atoms with Crippen molar-refractivity contribution in [3.63, 3.8) is 0 Å². The first-order chi connectivity index (χ1) is 8.29. The Labute approximate surface area is 105 Å². The summed E-state index contributed by atoms with van der Waals surface area (Å²) in [6, 6.07) is 11.2. The number of nitrogens with one attached hydrogen (secondary N) is 1. The molecule has 1 aromatic heterocycles. The zero-order chi connectivity index (χ0) is 12.1. The molecule has 3 nitrogen and oxygen atoms in total. The minimum absolute atomic E-state index is 0.00936. The van der Waals surface area contributed by atoms with Gasteiger partial charge in [-0.05, 0) is 29.8 Å². The molecule has 0 spiro atoms. The number of hydrogen-bond acceptors (Lipinski definition) is 3. The molecule has 2 rings (SSSR count). The van der Waals surface area contributed by atoms with Crippen molar-refractivity contribution in [3.8, 4) is 0 Å². The maximum Gasteiger partial charge on any atom is 0.0682 e. The number of halogens is 1. The zero-order valence-electron chi connectivity index (χ0n) is 9.23. The number of nitrogens with zero attached hydrogens (tertiary/aromatic N) is 1. The Morgan fingerprint density at radius 3 is 2.82 bits per heavy atom. The summed E-state index contributed by atoms with van der Waals surface area (Å²) in [6.07, 6.45) is 1.75. The first-order valence-corrected chi connectivity index (χ1v) is 5.70. The van der Waals surface area contributed by atoms with Crippen LogP contribution in [0.5, 0.6) is 0 Å². The molecule has 0 saturated heterocycles. The SMILES string of the molecule is OCc1ccc(Cl)c(NCc2ccccn2)c1. The van der Waals surface area contributed by atoms with Gasteiger partial charge in [0.2, 0.25) is 0 Å². The summed E-state index contributed by atoms with van der Waals surface area (Å²) in [5.41, 5.74) is 2.58. The molecule has 0 fully saturated rings. The average Bonchev–Trinajstić information content (AvgIpc) is 2.39. The Morgan fingerprint density at radius 2 is 2.12 bits per heavy atom. The number of anilines is 1. The average molecular weight is 249 g/mol. The van der Waals surface area contributed by atoms with Gasteiger partial charge in [0.05, 0.1) is 29.6 Å². The van der Waals surface area contributed by atoms with Crippen LogP contribution in [0, 0.1) is 0 Å². The predicted molar refractivity (Wildman–Crippen MR) is 68.9 cm³/mol. The smallest absolute Gasteiger partial charge is 0.0682 e. The molecule has 1 aromatic carbocycles. The summed E-state index contributed by atoms with van der Waals surface area (Å²) in [7, 11) is 0. The van der Waals surface area contributed by atoms with E-state index in [2.05, 4.69) is 10.3 Å². The highest BCUT2D eigenvalue weighted by Crippen LogP contribution is 2.23. The van der Waals surface area contributed by atoms with Crippen LogP contribution in [0.2, 0.25) is 5.02 Å². The molecular weight excluding hydrogens is 236 g/mol. The Morgan fingerprint density at radius 1 is 1.24 bits per heavy atom. The fourth-order valence-electron chi connectivity index (χ4n) is 1.49. The highest BCUT2D eigenvalue weighted by atomic mass is 35.5. The number of rotatable bonds is 4. The molecule has 0 unspecified atom stereocenters. The van der Waals surface area contributed by atoms with Crippen molar-refractivity contribution in [2.75, 3.05) is 5.32 Å². The van der Waals surface area contributed by atoms with Crippen molar-refractivity contribution >= 4 is 17.3 Å². The largest absolute Gasteiger partial charge is 0.392 e. The molecule has 0 aliphatic carbocycles. The minimum atomic E-state index is 0.00936. The minimum Gasteiger partial charge on any atom is -0.392 e. The van der Waals surface area contributed by atoms with Crippen molar-refractivity contribution in [2.24, 2.45) is 0 Å². The van der Waals surface area contributed by atoms with Crippen LogP contribution >= 0.6 is 11.6 Å². The number of aliphatic hydroxyl groups is 1. The van der Waals surface area contributed by atoms with Crippen LogP contribution in [-0.2, 0) is 13.2 Å². The monoisotopic (exact) mass is 248 g/mol. The normalized spacial score (nSPS) is 10.2. The van der Waals surface area contributed by atoms with E-state index in [9.17, 15) is 0 Å². The summed E-state index contributed by atoms with van der Waals surface area (Å²) in [5.74, 6) is 0. The lowest BCUT2D eigenvalue weighted by Gasteiger charge is -2.09. The molecule has 1 heterocycles. The maximum atomic E-state index is 9.05. The first-order valence-electron chi connectivity index (χ1n) is 5.32. The van der Waals surface area contributed by atoms with Crippen molar-refractivity contribution in [2.45, 2.75) is 13.2 Å². The second-order valence-electron chi connectivity index (χ2n) is 3.65. The lowest BCUT2D eigenvalue weighted by molar-refractivity contribution is 0.282. The van der Waals surface area contributed by atoms with E-state index in [0.29, 0.717) is 11.6 Å². The van der Waals surface area contributed by atoms with E-state index in [1.165, 1.54) is 0 Å². The number of aliphatic hydroxyl groups excluding tert-OH is 1. The molecule has 0 aliphatic rings. The number of hydrogen-bond donors (Lipinski definition) is 2. The molecule has 2 N–H and O–H groups in total. The predicted octanol–water partition coefficient (Wildman–Crippen LogP) is 2.84. The zero-order valence-corrected chi connectivity index (χ0v) is 9.98. The molecule has 0 saturated carbocycles. The van der Waals surface area contributed by atoms with Gasteiger partial charge in [-0.15, -0.1) is 0 Å². The van der Waals surface area contributed by atoms with Crippen LogP contribution in [-0.4, -0.2) is 10.1 Å². The van der Waals surface area contributed by atoms with Crippen LogP contribution < -0.4 is 5.32 Å². The number of benzene rings is 1. The van der Waals surface area contributed by atoms with Gasteiger partial charge < -0.3 is 10.4 Å². The van der Waals surface area contributed by atoms with E-state index in [0.717, 1.165) is 16.9 Å². The van der Waals surface area contributed by atoms with Crippen molar-refractivity contribution in [3.05, 3.63) is 58.9 Å². The number of aromatic nitrogens is 1. The number of pyridine rings is 1. The van der Waals surface area contributed by atoms with E-state index in [4.69, 9.17) is 16.7 Å². The summed E-state index contributed by atoms with van der Waals surface area (Å²) in [4.78, 5) is 4.21. The van der Waals surface area contributed by atoms with E-state index in [-0.39, 0.29) is 6.61 Å². The topological polar surface area (TPSA) is 45.1 Å². The fraction of sp³-hybridized carbons (Fsp3) is 0.154. The van der Waals surface area contributed by atoms with Gasteiger partial charge in [0.1, 0.15) is 0 Å². The molecule has 2 aromatic rings. The molecule has 0 atom stereocenters. The van der Waals surface area contributed by atoms with E-state index < -0.39 is 0 Å². The third kappa shape index (κ3) is 3.19. The van der Waals surface area contributed by atoms with Crippen molar-refractivity contribution < 1.29 is 5.11 Å². The molecular formula is C13H13ClN2O. The molecule has 0 bridgehead atoms. The molecule has 0 aliphatic heterocycles. The van der Waals surface area contributed by atoms with Crippen LogP contribution in [0.1, 0.15) is 11.3 Å². The summed E-state index contributed by atoms with van der Waals surface area (Å²) in [5, 5.41) is 12.9. The second kappa shape index (κ2) is 5.66. The van der Waals surface area contributed by atoms with Crippen LogP contribution in [0.3, 0.4) is 0 Å².